The van der Waals surface area contributed by atoms with Crippen molar-refractivity contribution in [3.8, 4) is 17.2 Å². The number of rotatable bonds is 10. The molecule has 0 spiro atoms. The van der Waals surface area contributed by atoms with Gasteiger partial charge in [-0.15, -0.1) is 0 Å². The lowest BCUT2D eigenvalue weighted by atomic mass is 10.0. The van der Waals surface area contributed by atoms with E-state index >= 15 is 0 Å². The van der Waals surface area contributed by atoms with Gasteiger partial charge in [0.25, 0.3) is 0 Å². The van der Waals surface area contributed by atoms with Crippen LogP contribution in [-0.2, 0) is 0 Å². The fourth-order valence-corrected chi connectivity index (χ4v) is 3.84. The molecule has 0 saturated heterocycles. The summed E-state index contributed by atoms with van der Waals surface area (Å²) in [7, 11) is 1.62. The van der Waals surface area contributed by atoms with E-state index in [-0.39, 0.29) is 0 Å². The maximum absolute atomic E-state index is 6.02. The number of hydrogen-bond donors (Lipinski definition) is 2. The van der Waals surface area contributed by atoms with Crippen molar-refractivity contribution < 1.29 is 14.2 Å². The summed E-state index contributed by atoms with van der Waals surface area (Å²) in [5.74, 6) is 2.64. The van der Waals surface area contributed by atoms with E-state index in [0.29, 0.717) is 35.7 Å². The smallest absolute Gasteiger partial charge is 0.186 e. The second-order valence-corrected chi connectivity index (χ2v) is 8.73. The summed E-state index contributed by atoms with van der Waals surface area (Å²) in [6.07, 6.45) is 1.69. The summed E-state index contributed by atoms with van der Waals surface area (Å²) in [5, 5.41) is 7.60. The Balaban J connectivity index is 2.00. The maximum Gasteiger partial charge on any atom is 0.186 e. The van der Waals surface area contributed by atoms with Gasteiger partial charge >= 0.3 is 0 Å². The van der Waals surface area contributed by atoms with Gasteiger partial charge in [0.1, 0.15) is 19.0 Å². The van der Waals surface area contributed by atoms with Crippen LogP contribution in [0.4, 0.5) is 0 Å². The molecule has 0 amide bonds. The standard InChI is InChI=1S/C23H30IN3O3S/c1-6-25-23(31)27-26-14-17-12-19(24)22(21(13-17)28-5)30-10-9-29-20-11-16(4)7-8-18(20)15(2)3/h7-8,11-15H,6,9-10H2,1-5H3,(H2,25,27,31). The van der Waals surface area contributed by atoms with Gasteiger partial charge in [0.05, 0.1) is 16.9 Å². The molecule has 0 aliphatic rings. The topological polar surface area (TPSA) is 64.1 Å². The molecule has 0 heterocycles. The third-order valence-electron chi connectivity index (χ3n) is 4.35. The number of methoxy groups -OCH3 is 1. The van der Waals surface area contributed by atoms with Crippen LogP contribution in [0.1, 0.15) is 43.4 Å². The minimum atomic E-state index is 0.397. The van der Waals surface area contributed by atoms with Crippen LogP contribution in [0.5, 0.6) is 17.2 Å². The number of hydrogen-bond acceptors (Lipinski definition) is 5. The highest BCUT2D eigenvalue weighted by atomic mass is 127. The first-order valence-electron chi connectivity index (χ1n) is 10.2. The minimum Gasteiger partial charge on any atom is -0.493 e. The predicted molar refractivity (Wildman–Crippen MR) is 139 cm³/mol. The Hall–Kier alpha value is -2.07. The summed E-state index contributed by atoms with van der Waals surface area (Å²) >= 11 is 7.32. The van der Waals surface area contributed by atoms with Crippen molar-refractivity contribution in [1.29, 1.82) is 0 Å². The number of nitrogens with one attached hydrogen (secondary N) is 2. The lowest BCUT2D eigenvalue weighted by molar-refractivity contribution is 0.209. The molecule has 31 heavy (non-hydrogen) atoms. The van der Waals surface area contributed by atoms with Gasteiger partial charge in [-0.25, -0.2) is 0 Å². The predicted octanol–water partition coefficient (Wildman–Crippen LogP) is 5.01. The highest BCUT2D eigenvalue weighted by Gasteiger charge is 2.12. The Morgan fingerprint density at radius 2 is 1.90 bits per heavy atom. The number of hydrazone groups is 1. The number of benzene rings is 2. The first-order chi connectivity index (χ1) is 14.8. The maximum atomic E-state index is 6.02. The number of halogens is 1. The summed E-state index contributed by atoms with van der Waals surface area (Å²) in [4.78, 5) is 0. The Kier molecular flexibility index (Phi) is 10.3. The summed E-state index contributed by atoms with van der Waals surface area (Å²) in [6, 6.07) is 10.2. The Morgan fingerprint density at radius 1 is 1.16 bits per heavy atom. The molecule has 6 nitrogen and oxygen atoms in total. The number of aryl methyl sites for hydroxylation is 1. The van der Waals surface area contributed by atoms with E-state index in [1.807, 2.05) is 19.1 Å². The van der Waals surface area contributed by atoms with Crippen molar-refractivity contribution in [2.24, 2.45) is 5.10 Å². The fraction of sp³-hybridized carbons (Fsp3) is 0.391. The summed E-state index contributed by atoms with van der Waals surface area (Å²) in [6.45, 7) is 9.95. The van der Waals surface area contributed by atoms with Crippen LogP contribution in [0.25, 0.3) is 0 Å². The molecule has 2 N–H and O–H groups in total. The van der Waals surface area contributed by atoms with Crippen LogP contribution in [0.2, 0.25) is 0 Å². The molecule has 2 aromatic carbocycles. The van der Waals surface area contributed by atoms with Gasteiger partial charge < -0.3 is 19.5 Å². The molecule has 0 bridgehead atoms. The third-order valence-corrected chi connectivity index (χ3v) is 5.38. The van der Waals surface area contributed by atoms with E-state index in [0.717, 1.165) is 21.4 Å². The molecule has 8 heteroatoms. The largest absolute Gasteiger partial charge is 0.493 e. The van der Waals surface area contributed by atoms with Crippen LogP contribution in [0.3, 0.4) is 0 Å². The SMILES string of the molecule is CCNC(=S)NN=Cc1cc(I)c(OCCOc2cc(C)ccc2C(C)C)c(OC)c1. The van der Waals surface area contributed by atoms with Gasteiger partial charge in [0.2, 0.25) is 0 Å². The molecule has 0 aromatic heterocycles. The van der Waals surface area contributed by atoms with Gasteiger partial charge in [0.15, 0.2) is 16.6 Å². The molecule has 0 fully saturated rings. The van der Waals surface area contributed by atoms with E-state index in [9.17, 15) is 0 Å². The van der Waals surface area contributed by atoms with Crippen molar-refractivity contribution in [3.05, 3.63) is 50.6 Å². The Morgan fingerprint density at radius 3 is 2.58 bits per heavy atom. The van der Waals surface area contributed by atoms with Gasteiger partial charge in [0, 0.05) is 6.54 Å². The van der Waals surface area contributed by atoms with E-state index in [4.69, 9.17) is 26.4 Å². The van der Waals surface area contributed by atoms with Crippen molar-refractivity contribution in [1.82, 2.24) is 10.7 Å². The van der Waals surface area contributed by atoms with Crippen LogP contribution >= 0.6 is 34.8 Å². The Labute approximate surface area is 203 Å². The van der Waals surface area contributed by atoms with Gasteiger partial charge in [-0.1, -0.05) is 26.0 Å². The van der Waals surface area contributed by atoms with Crippen LogP contribution < -0.4 is 25.0 Å². The third kappa shape index (κ3) is 7.84. The van der Waals surface area contributed by atoms with E-state index in [1.165, 1.54) is 11.1 Å². The normalized spacial score (nSPS) is 10.9. The highest BCUT2D eigenvalue weighted by molar-refractivity contribution is 14.1. The van der Waals surface area contributed by atoms with Crippen molar-refractivity contribution >= 4 is 46.1 Å². The van der Waals surface area contributed by atoms with Crippen LogP contribution in [0, 0.1) is 10.5 Å². The highest BCUT2D eigenvalue weighted by Crippen LogP contribution is 2.33. The molecular weight excluding hydrogens is 525 g/mol. The summed E-state index contributed by atoms with van der Waals surface area (Å²) < 4.78 is 18.5. The second kappa shape index (κ2) is 12.7. The molecule has 0 aliphatic heterocycles. The first kappa shape index (κ1) is 25.2. The lowest BCUT2D eigenvalue weighted by Gasteiger charge is -2.16. The zero-order chi connectivity index (χ0) is 22.8. The number of nitrogens with zero attached hydrogens (tertiary/aromatic N) is 1. The zero-order valence-electron chi connectivity index (χ0n) is 18.6. The molecule has 0 unspecified atom stereocenters. The number of ether oxygens (including phenoxy) is 3. The molecule has 0 atom stereocenters. The Bertz CT molecular complexity index is 919. The van der Waals surface area contributed by atoms with Gasteiger partial charge in [-0.3, -0.25) is 5.43 Å². The van der Waals surface area contributed by atoms with Crippen LogP contribution in [0.15, 0.2) is 35.4 Å². The van der Waals surface area contributed by atoms with Crippen molar-refractivity contribution in [2.75, 3.05) is 26.9 Å². The fourth-order valence-electron chi connectivity index (χ4n) is 2.86. The molecule has 0 aliphatic carbocycles. The summed E-state index contributed by atoms with van der Waals surface area (Å²) in [5.41, 5.74) is 6.02. The molecular formula is C23H30IN3O3S. The first-order valence-corrected chi connectivity index (χ1v) is 11.6. The van der Waals surface area contributed by atoms with E-state index < -0.39 is 0 Å². The molecule has 168 valence electrons. The van der Waals surface area contributed by atoms with Crippen LogP contribution in [-0.4, -0.2) is 38.2 Å². The molecule has 0 radical (unpaired) electrons. The van der Waals surface area contributed by atoms with Gasteiger partial charge in [-0.2, -0.15) is 5.10 Å². The lowest BCUT2D eigenvalue weighted by Crippen LogP contribution is -2.31. The van der Waals surface area contributed by atoms with Crippen molar-refractivity contribution in [3.63, 3.8) is 0 Å². The van der Waals surface area contributed by atoms with Gasteiger partial charge in [-0.05, 0) is 89.5 Å². The second-order valence-electron chi connectivity index (χ2n) is 7.16. The minimum absolute atomic E-state index is 0.397. The quantitative estimate of drug-likeness (QED) is 0.141. The van der Waals surface area contributed by atoms with Crippen molar-refractivity contribution in [2.45, 2.75) is 33.6 Å². The molecule has 2 rings (SSSR count). The molecule has 2 aromatic rings. The molecule has 0 saturated carbocycles. The monoisotopic (exact) mass is 555 g/mol. The van der Waals surface area contributed by atoms with E-state index in [1.54, 1.807) is 13.3 Å². The van der Waals surface area contributed by atoms with E-state index in [2.05, 4.69) is 77.4 Å². The number of thiocarbonyl (C=S) groups is 1. The average Bonchev–Trinajstić information content (AvgIpc) is 2.72. The average molecular weight is 555 g/mol. The zero-order valence-corrected chi connectivity index (χ0v) is 21.6.